The first-order chi connectivity index (χ1) is 7.59. The van der Waals surface area contributed by atoms with E-state index in [0.717, 1.165) is 0 Å². The van der Waals surface area contributed by atoms with Crippen molar-refractivity contribution in [2.45, 2.75) is 13.5 Å². The Labute approximate surface area is 91.5 Å². The van der Waals surface area contributed by atoms with Crippen molar-refractivity contribution in [3.8, 4) is 0 Å². The number of primary amides is 1. The number of carbonyl (C=O) groups is 1. The fourth-order valence-electron chi connectivity index (χ4n) is 1.62. The summed E-state index contributed by atoms with van der Waals surface area (Å²) >= 11 is 0. The van der Waals surface area contributed by atoms with Gasteiger partial charge < -0.3 is 5.73 Å². The molecule has 5 heteroatoms. The lowest BCUT2D eigenvalue weighted by molar-refractivity contribution is -0.118. The first-order valence-electron chi connectivity index (χ1n) is 4.84. The van der Waals surface area contributed by atoms with Crippen LogP contribution in [0.1, 0.15) is 5.82 Å². The van der Waals surface area contributed by atoms with Gasteiger partial charge in [0.1, 0.15) is 12.4 Å². The van der Waals surface area contributed by atoms with Gasteiger partial charge in [0, 0.05) is 0 Å². The van der Waals surface area contributed by atoms with Gasteiger partial charge in [-0.05, 0) is 19.1 Å². The minimum absolute atomic E-state index is 0.136. The lowest BCUT2D eigenvalue weighted by Crippen LogP contribution is -2.30. The molecule has 16 heavy (non-hydrogen) atoms. The van der Waals surface area contributed by atoms with Crippen LogP contribution < -0.4 is 11.3 Å². The molecule has 0 atom stereocenters. The van der Waals surface area contributed by atoms with Crippen molar-refractivity contribution >= 4 is 16.8 Å². The summed E-state index contributed by atoms with van der Waals surface area (Å²) in [6.45, 7) is 1.54. The molecule has 0 aliphatic rings. The Morgan fingerprint density at radius 3 is 2.81 bits per heavy atom. The molecule has 0 saturated heterocycles. The number of rotatable bonds is 2. The molecule has 1 aromatic carbocycles. The Kier molecular flexibility index (Phi) is 2.44. The normalized spacial score (nSPS) is 10.6. The highest BCUT2D eigenvalue weighted by molar-refractivity contribution is 5.78. The number of hydrogen-bond donors (Lipinski definition) is 1. The Morgan fingerprint density at radius 2 is 2.12 bits per heavy atom. The van der Waals surface area contributed by atoms with E-state index >= 15 is 0 Å². The predicted octanol–water partition coefficient (Wildman–Crippen LogP) is 0.190. The summed E-state index contributed by atoms with van der Waals surface area (Å²) in [6.07, 6.45) is 0. The fourth-order valence-corrected chi connectivity index (χ4v) is 1.62. The molecule has 1 aromatic heterocycles. The average molecular weight is 217 g/mol. The Morgan fingerprint density at radius 1 is 1.44 bits per heavy atom. The maximum Gasteiger partial charge on any atom is 0.261 e. The Balaban J connectivity index is 2.76. The van der Waals surface area contributed by atoms with Crippen LogP contribution in [0.4, 0.5) is 0 Å². The molecular formula is C11H11N3O2. The van der Waals surface area contributed by atoms with Gasteiger partial charge in [-0.3, -0.25) is 14.2 Å². The van der Waals surface area contributed by atoms with Gasteiger partial charge in [-0.25, -0.2) is 4.98 Å². The first kappa shape index (κ1) is 10.4. The van der Waals surface area contributed by atoms with E-state index in [1.807, 2.05) is 6.07 Å². The summed E-state index contributed by atoms with van der Waals surface area (Å²) < 4.78 is 1.28. The van der Waals surface area contributed by atoms with Crippen LogP contribution in [-0.2, 0) is 11.3 Å². The van der Waals surface area contributed by atoms with E-state index < -0.39 is 5.91 Å². The van der Waals surface area contributed by atoms with Gasteiger partial charge in [0.05, 0.1) is 10.9 Å². The van der Waals surface area contributed by atoms with Gasteiger partial charge in [-0.1, -0.05) is 12.1 Å². The maximum atomic E-state index is 12.0. The van der Waals surface area contributed by atoms with Gasteiger partial charge in [-0.15, -0.1) is 0 Å². The quantitative estimate of drug-likeness (QED) is 0.780. The van der Waals surface area contributed by atoms with Gasteiger partial charge >= 0.3 is 0 Å². The second-order valence-corrected chi connectivity index (χ2v) is 3.53. The van der Waals surface area contributed by atoms with Crippen LogP contribution in [0, 0.1) is 6.92 Å². The van der Waals surface area contributed by atoms with Crippen molar-refractivity contribution in [2.24, 2.45) is 5.73 Å². The molecule has 1 amide bonds. The number of carbonyl (C=O) groups excluding carboxylic acids is 1. The molecule has 0 fully saturated rings. The zero-order valence-electron chi connectivity index (χ0n) is 8.80. The molecule has 2 rings (SSSR count). The lowest BCUT2D eigenvalue weighted by atomic mass is 10.2. The monoisotopic (exact) mass is 217 g/mol. The third-order valence-corrected chi connectivity index (χ3v) is 2.37. The summed E-state index contributed by atoms with van der Waals surface area (Å²) in [6, 6.07) is 7.02. The molecule has 1 heterocycles. The van der Waals surface area contributed by atoms with Crippen LogP contribution in [0.5, 0.6) is 0 Å². The number of benzene rings is 1. The minimum atomic E-state index is -0.553. The van der Waals surface area contributed by atoms with Crippen molar-refractivity contribution in [3.05, 3.63) is 40.4 Å². The Hall–Kier alpha value is -2.17. The van der Waals surface area contributed by atoms with E-state index in [0.29, 0.717) is 16.7 Å². The molecule has 0 spiro atoms. The van der Waals surface area contributed by atoms with Gasteiger partial charge in [-0.2, -0.15) is 0 Å². The number of para-hydroxylation sites is 1. The van der Waals surface area contributed by atoms with Gasteiger partial charge in [0.15, 0.2) is 0 Å². The molecule has 0 aliphatic heterocycles. The number of nitrogens with two attached hydrogens (primary N) is 1. The number of aryl methyl sites for hydroxylation is 1. The van der Waals surface area contributed by atoms with E-state index in [1.54, 1.807) is 25.1 Å². The largest absolute Gasteiger partial charge is 0.368 e. The molecule has 0 bridgehead atoms. The second-order valence-electron chi connectivity index (χ2n) is 3.53. The van der Waals surface area contributed by atoms with Crippen molar-refractivity contribution < 1.29 is 4.79 Å². The summed E-state index contributed by atoms with van der Waals surface area (Å²) in [5.41, 5.74) is 5.48. The summed E-state index contributed by atoms with van der Waals surface area (Å²) in [5, 5.41) is 0.495. The van der Waals surface area contributed by atoms with Gasteiger partial charge in [0.2, 0.25) is 5.91 Å². The predicted molar refractivity (Wildman–Crippen MR) is 59.9 cm³/mol. The maximum absolute atomic E-state index is 12.0. The van der Waals surface area contributed by atoms with Crippen molar-refractivity contribution in [3.63, 3.8) is 0 Å². The molecule has 5 nitrogen and oxygen atoms in total. The molecule has 0 unspecified atom stereocenters. The molecular weight excluding hydrogens is 206 g/mol. The van der Waals surface area contributed by atoms with E-state index in [9.17, 15) is 9.59 Å². The van der Waals surface area contributed by atoms with Crippen LogP contribution in [0.25, 0.3) is 10.9 Å². The minimum Gasteiger partial charge on any atom is -0.368 e. The zero-order valence-corrected chi connectivity index (χ0v) is 8.80. The van der Waals surface area contributed by atoms with Crippen molar-refractivity contribution in [1.82, 2.24) is 9.55 Å². The number of nitrogens with zero attached hydrogens (tertiary/aromatic N) is 2. The van der Waals surface area contributed by atoms with E-state index in [4.69, 9.17) is 5.73 Å². The number of hydrogen-bond acceptors (Lipinski definition) is 3. The van der Waals surface area contributed by atoms with E-state index in [-0.39, 0.29) is 12.1 Å². The lowest BCUT2D eigenvalue weighted by Gasteiger charge is -2.08. The average Bonchev–Trinajstić information content (AvgIpc) is 2.24. The summed E-state index contributed by atoms with van der Waals surface area (Å²) in [4.78, 5) is 27.1. The number of fused-ring (bicyclic) bond motifs is 1. The SMILES string of the molecule is Cc1nc2ccccc2c(=O)n1CC(N)=O. The molecule has 2 aromatic rings. The zero-order chi connectivity index (χ0) is 11.7. The third kappa shape index (κ3) is 1.67. The highest BCUT2D eigenvalue weighted by Crippen LogP contribution is 2.06. The standard InChI is InChI=1S/C11H11N3O2/c1-7-13-9-5-3-2-4-8(9)11(16)14(7)6-10(12)15/h2-5H,6H2,1H3,(H2,12,15). The van der Waals surface area contributed by atoms with Crippen LogP contribution in [0.2, 0.25) is 0 Å². The molecule has 0 radical (unpaired) electrons. The first-order valence-corrected chi connectivity index (χ1v) is 4.84. The smallest absolute Gasteiger partial charge is 0.261 e. The molecule has 0 aliphatic carbocycles. The van der Waals surface area contributed by atoms with Crippen LogP contribution in [0.15, 0.2) is 29.1 Å². The Bertz CT molecular complexity index is 616. The number of amides is 1. The third-order valence-electron chi connectivity index (χ3n) is 2.37. The van der Waals surface area contributed by atoms with E-state index in [1.165, 1.54) is 4.57 Å². The highest BCUT2D eigenvalue weighted by Gasteiger charge is 2.08. The highest BCUT2D eigenvalue weighted by atomic mass is 16.2. The second kappa shape index (κ2) is 3.77. The van der Waals surface area contributed by atoms with E-state index in [2.05, 4.69) is 4.98 Å². The molecule has 2 N–H and O–H groups in total. The van der Waals surface area contributed by atoms with Crippen LogP contribution in [0.3, 0.4) is 0 Å². The summed E-state index contributed by atoms with van der Waals surface area (Å²) in [7, 11) is 0. The molecule has 0 saturated carbocycles. The fraction of sp³-hybridized carbons (Fsp3) is 0.182. The van der Waals surface area contributed by atoms with Crippen LogP contribution >= 0.6 is 0 Å². The topological polar surface area (TPSA) is 78.0 Å². The van der Waals surface area contributed by atoms with Crippen molar-refractivity contribution in [1.29, 1.82) is 0 Å². The van der Waals surface area contributed by atoms with Crippen molar-refractivity contribution in [2.75, 3.05) is 0 Å². The van der Waals surface area contributed by atoms with Crippen LogP contribution in [-0.4, -0.2) is 15.5 Å². The number of aromatic nitrogens is 2. The molecule has 82 valence electrons. The van der Waals surface area contributed by atoms with Gasteiger partial charge in [0.25, 0.3) is 5.56 Å². The summed E-state index contributed by atoms with van der Waals surface area (Å²) in [5.74, 6) is -0.0650.